The highest BCUT2D eigenvalue weighted by molar-refractivity contribution is 5.78. The van der Waals surface area contributed by atoms with Gasteiger partial charge in [-0.2, -0.15) is 0 Å². The van der Waals surface area contributed by atoms with Gasteiger partial charge in [0.25, 0.3) is 0 Å². The van der Waals surface area contributed by atoms with E-state index < -0.39 is 0 Å². The molecular formula is C30H35FN6O2. The molecule has 0 amide bonds. The highest BCUT2D eigenvalue weighted by Gasteiger charge is 2.32. The summed E-state index contributed by atoms with van der Waals surface area (Å²) in [5, 5.41) is 3.04. The monoisotopic (exact) mass is 530 g/mol. The summed E-state index contributed by atoms with van der Waals surface area (Å²) in [6.45, 7) is 3.27. The molecule has 4 aromatic rings. The van der Waals surface area contributed by atoms with Crippen LogP contribution in [0.4, 0.5) is 10.3 Å². The van der Waals surface area contributed by atoms with Crippen molar-refractivity contribution in [3.63, 3.8) is 0 Å². The van der Waals surface area contributed by atoms with E-state index >= 15 is 0 Å². The van der Waals surface area contributed by atoms with Crippen LogP contribution in [0, 0.1) is 5.82 Å². The van der Waals surface area contributed by atoms with E-state index in [2.05, 4.69) is 31.9 Å². The smallest absolute Gasteiger partial charge is 0.222 e. The second-order valence-corrected chi connectivity index (χ2v) is 9.74. The highest BCUT2D eigenvalue weighted by Crippen LogP contribution is 2.39. The van der Waals surface area contributed by atoms with Gasteiger partial charge in [0.05, 0.1) is 24.2 Å². The van der Waals surface area contributed by atoms with Crippen LogP contribution < -0.4 is 10.1 Å². The Morgan fingerprint density at radius 1 is 1.10 bits per heavy atom. The number of imidazole rings is 1. The van der Waals surface area contributed by atoms with Gasteiger partial charge in [-0.25, -0.2) is 19.3 Å². The highest BCUT2D eigenvalue weighted by atomic mass is 19.1. The van der Waals surface area contributed by atoms with Gasteiger partial charge < -0.3 is 19.4 Å². The molecule has 9 heteroatoms. The number of ether oxygens (including phenoxy) is 2. The van der Waals surface area contributed by atoms with Gasteiger partial charge in [0.1, 0.15) is 17.4 Å². The molecule has 0 radical (unpaired) electrons. The second kappa shape index (κ2) is 12.4. The molecule has 1 unspecified atom stereocenters. The van der Waals surface area contributed by atoms with Crippen molar-refractivity contribution in [2.24, 2.45) is 0 Å². The number of nitrogens with zero attached hydrogens (tertiary/aromatic N) is 5. The van der Waals surface area contributed by atoms with Gasteiger partial charge in [-0.3, -0.25) is 4.90 Å². The molecule has 0 spiro atoms. The number of rotatable bonds is 12. The molecule has 0 fully saturated rings. The molecule has 1 aliphatic heterocycles. The summed E-state index contributed by atoms with van der Waals surface area (Å²) in [7, 11) is 5.24. The Kier molecular flexibility index (Phi) is 8.48. The fourth-order valence-corrected chi connectivity index (χ4v) is 5.31. The molecule has 8 nitrogen and oxygen atoms in total. The number of anilines is 1. The number of methoxy groups -OCH3 is 2. The summed E-state index contributed by atoms with van der Waals surface area (Å²) in [5.41, 5.74) is 4.62. The quantitative estimate of drug-likeness (QED) is 0.252. The van der Waals surface area contributed by atoms with Crippen LogP contribution in [0.3, 0.4) is 0 Å². The van der Waals surface area contributed by atoms with E-state index in [9.17, 15) is 4.39 Å². The average molecular weight is 531 g/mol. The van der Waals surface area contributed by atoms with Crippen molar-refractivity contribution in [3.8, 4) is 28.4 Å². The zero-order valence-corrected chi connectivity index (χ0v) is 22.7. The van der Waals surface area contributed by atoms with Crippen LogP contribution in [0.1, 0.15) is 30.3 Å². The summed E-state index contributed by atoms with van der Waals surface area (Å²) in [5.74, 6) is 2.16. The van der Waals surface area contributed by atoms with Crippen molar-refractivity contribution >= 4 is 5.95 Å². The largest absolute Gasteiger partial charge is 0.497 e. The maximum atomic E-state index is 13.8. The first-order valence-electron chi connectivity index (χ1n) is 13.3. The van der Waals surface area contributed by atoms with Crippen LogP contribution in [0.5, 0.6) is 5.75 Å². The number of nitrogens with one attached hydrogen (secondary N) is 1. The third-order valence-electron chi connectivity index (χ3n) is 7.12. The SMILES string of the molecule is CNc1nccc(-c2c(-c3ccc(F)cc3)nc3n2C(CN(CCCOC)Cc2cccc(OC)c2)CC3)n1. The fourth-order valence-electron chi connectivity index (χ4n) is 5.31. The zero-order valence-electron chi connectivity index (χ0n) is 22.7. The summed E-state index contributed by atoms with van der Waals surface area (Å²) in [4.78, 5) is 16.6. The molecule has 1 atom stereocenters. The molecule has 2 aromatic heterocycles. The molecule has 204 valence electrons. The first-order chi connectivity index (χ1) is 19.1. The summed E-state index contributed by atoms with van der Waals surface area (Å²) >= 11 is 0. The third-order valence-corrected chi connectivity index (χ3v) is 7.12. The van der Waals surface area contributed by atoms with Gasteiger partial charge in [0.15, 0.2) is 0 Å². The predicted octanol–water partition coefficient (Wildman–Crippen LogP) is 5.22. The molecule has 5 rings (SSSR count). The lowest BCUT2D eigenvalue weighted by molar-refractivity contribution is 0.161. The number of fused-ring (bicyclic) bond motifs is 1. The van der Waals surface area contributed by atoms with Crippen LogP contribution in [0.15, 0.2) is 60.8 Å². The molecule has 1 aliphatic rings. The van der Waals surface area contributed by atoms with Crippen LogP contribution in [0.2, 0.25) is 0 Å². The minimum Gasteiger partial charge on any atom is -0.497 e. The van der Waals surface area contributed by atoms with Crippen LogP contribution in [0.25, 0.3) is 22.6 Å². The van der Waals surface area contributed by atoms with Crippen molar-refractivity contribution in [3.05, 3.63) is 78.0 Å². The maximum absolute atomic E-state index is 13.8. The normalized spacial score (nSPS) is 14.5. The number of hydrogen-bond acceptors (Lipinski definition) is 7. The van der Waals surface area contributed by atoms with Crippen molar-refractivity contribution in [1.82, 2.24) is 24.4 Å². The minimum atomic E-state index is -0.270. The van der Waals surface area contributed by atoms with Crippen molar-refractivity contribution < 1.29 is 13.9 Å². The Bertz CT molecular complexity index is 1390. The number of hydrogen-bond donors (Lipinski definition) is 1. The fraction of sp³-hybridized carbons (Fsp3) is 0.367. The standard InChI is InChI=1S/C30H35FN6O2/c1-32-30-33-15-14-26(34-30)29-28(22-8-10-23(31)11-9-22)35-27-13-12-24(37(27)29)20-36(16-5-17-38-2)19-21-6-4-7-25(18-21)39-3/h4,6-11,14-15,18,24H,5,12-13,16-17,19-20H2,1-3H3,(H,32,33,34). The Labute approximate surface area is 228 Å². The van der Waals surface area contributed by atoms with Crippen molar-refractivity contribution in [2.45, 2.75) is 31.8 Å². The van der Waals surface area contributed by atoms with E-state index in [0.29, 0.717) is 12.6 Å². The van der Waals surface area contributed by atoms with E-state index in [1.807, 2.05) is 18.2 Å². The molecule has 0 bridgehead atoms. The lowest BCUT2D eigenvalue weighted by Gasteiger charge is -2.27. The zero-order chi connectivity index (χ0) is 27.2. The summed E-state index contributed by atoms with van der Waals surface area (Å²) in [6.07, 6.45) is 4.55. The Hall–Kier alpha value is -3.82. The van der Waals surface area contributed by atoms with E-state index in [1.165, 1.54) is 17.7 Å². The molecular weight excluding hydrogens is 495 g/mol. The number of aromatic nitrogens is 4. The third kappa shape index (κ3) is 6.10. The van der Waals surface area contributed by atoms with E-state index in [1.54, 1.807) is 39.6 Å². The molecule has 39 heavy (non-hydrogen) atoms. The van der Waals surface area contributed by atoms with E-state index in [-0.39, 0.29) is 11.9 Å². The lowest BCUT2D eigenvalue weighted by Crippen LogP contribution is -2.31. The summed E-state index contributed by atoms with van der Waals surface area (Å²) in [6, 6.07) is 16.9. The van der Waals surface area contributed by atoms with Gasteiger partial charge in [-0.15, -0.1) is 0 Å². The summed E-state index contributed by atoms with van der Waals surface area (Å²) < 4.78 is 26.9. The van der Waals surface area contributed by atoms with Gasteiger partial charge in [-0.05, 0) is 60.9 Å². The first-order valence-corrected chi connectivity index (χ1v) is 13.3. The first kappa shape index (κ1) is 26.8. The van der Waals surface area contributed by atoms with Gasteiger partial charge in [-0.1, -0.05) is 12.1 Å². The van der Waals surface area contributed by atoms with Crippen molar-refractivity contribution in [2.75, 3.05) is 46.3 Å². The topological polar surface area (TPSA) is 77.3 Å². The number of aryl methyl sites for hydroxylation is 1. The van der Waals surface area contributed by atoms with Crippen LogP contribution >= 0.6 is 0 Å². The van der Waals surface area contributed by atoms with Gasteiger partial charge in [0.2, 0.25) is 5.95 Å². The van der Waals surface area contributed by atoms with Crippen LogP contribution in [-0.2, 0) is 17.7 Å². The molecule has 3 heterocycles. The maximum Gasteiger partial charge on any atom is 0.222 e. The average Bonchev–Trinajstić information content (AvgIpc) is 3.53. The van der Waals surface area contributed by atoms with Crippen molar-refractivity contribution in [1.29, 1.82) is 0 Å². The predicted molar refractivity (Wildman–Crippen MR) is 150 cm³/mol. The lowest BCUT2D eigenvalue weighted by atomic mass is 10.1. The Morgan fingerprint density at radius 2 is 1.95 bits per heavy atom. The Morgan fingerprint density at radius 3 is 2.72 bits per heavy atom. The number of benzene rings is 2. The van der Waals surface area contributed by atoms with Gasteiger partial charge >= 0.3 is 0 Å². The van der Waals surface area contributed by atoms with E-state index in [4.69, 9.17) is 19.4 Å². The number of halogens is 1. The minimum absolute atomic E-state index is 0.206. The van der Waals surface area contributed by atoms with E-state index in [0.717, 1.165) is 73.1 Å². The Balaban J connectivity index is 1.51. The second-order valence-electron chi connectivity index (χ2n) is 9.74. The molecule has 2 aromatic carbocycles. The molecule has 0 saturated carbocycles. The van der Waals surface area contributed by atoms with Crippen LogP contribution in [-0.4, -0.2) is 65.4 Å². The molecule has 0 aliphatic carbocycles. The molecule has 0 saturated heterocycles. The van der Waals surface area contributed by atoms with Gasteiger partial charge in [0, 0.05) is 64.6 Å². The molecule has 1 N–H and O–H groups in total.